The van der Waals surface area contributed by atoms with E-state index in [1.807, 2.05) is 6.92 Å². The fraction of sp³-hybridized carbons (Fsp3) is 1.00. The van der Waals surface area contributed by atoms with Gasteiger partial charge in [-0.15, -0.1) is 0 Å². The van der Waals surface area contributed by atoms with Crippen molar-refractivity contribution in [1.82, 2.24) is 0 Å². The lowest BCUT2D eigenvalue weighted by Gasteiger charge is -2.31. The summed E-state index contributed by atoms with van der Waals surface area (Å²) in [4.78, 5) is 11.7. The average molecular weight is 478 g/mol. The van der Waals surface area contributed by atoms with Crippen LogP contribution in [0.3, 0.4) is 0 Å². The molecular formula is C26H56NO4P. The van der Waals surface area contributed by atoms with E-state index in [0.29, 0.717) is 6.54 Å². The largest absolute Gasteiger partial charge is 0.756 e. The van der Waals surface area contributed by atoms with E-state index < -0.39 is 7.82 Å². The number of quaternary nitrogens is 1. The molecule has 0 saturated heterocycles. The third-order valence-electron chi connectivity index (χ3n) is 6.31. The maximum atomic E-state index is 11.7. The molecule has 32 heavy (non-hydrogen) atoms. The number of phosphoric ester groups is 1. The fourth-order valence-electron chi connectivity index (χ4n) is 3.96. The number of hydrogen-bond donors (Lipinski definition) is 0. The molecule has 5 nitrogen and oxygen atoms in total. The summed E-state index contributed by atoms with van der Waals surface area (Å²) in [6, 6.07) is 0. The standard InChI is InChI=1S/C26H56NO4P/c1-5-7-9-10-11-12-13-14-15-16-17-18-19-20-21-22-23-27(3,4)24-26-31-32(28,29)30-25-8-6-2/h5-26H2,1-4H3. The Morgan fingerprint density at radius 1 is 0.562 bits per heavy atom. The van der Waals surface area contributed by atoms with Gasteiger partial charge in [-0.25, -0.2) is 0 Å². The summed E-state index contributed by atoms with van der Waals surface area (Å²) in [5.74, 6) is 0. The van der Waals surface area contributed by atoms with Crippen LogP contribution in [0.25, 0.3) is 0 Å². The van der Waals surface area contributed by atoms with Crippen molar-refractivity contribution in [3.05, 3.63) is 0 Å². The third-order valence-corrected chi connectivity index (χ3v) is 7.31. The van der Waals surface area contributed by atoms with Gasteiger partial charge < -0.3 is 18.4 Å². The predicted molar refractivity (Wildman–Crippen MR) is 136 cm³/mol. The summed E-state index contributed by atoms with van der Waals surface area (Å²) >= 11 is 0. The van der Waals surface area contributed by atoms with E-state index in [1.54, 1.807) is 0 Å². The smallest absolute Gasteiger partial charge is 0.268 e. The summed E-state index contributed by atoms with van der Waals surface area (Å²) in [6.07, 6.45) is 23.7. The highest BCUT2D eigenvalue weighted by molar-refractivity contribution is 7.45. The van der Waals surface area contributed by atoms with Crippen molar-refractivity contribution < 1.29 is 23.0 Å². The number of rotatable bonds is 25. The molecule has 0 aromatic rings. The zero-order valence-electron chi connectivity index (χ0n) is 22.1. The van der Waals surface area contributed by atoms with Crippen LogP contribution in [0, 0.1) is 0 Å². The van der Waals surface area contributed by atoms with Gasteiger partial charge in [0, 0.05) is 0 Å². The number of nitrogens with zero attached hydrogens (tertiary/aromatic N) is 1. The van der Waals surface area contributed by atoms with E-state index in [9.17, 15) is 9.46 Å². The van der Waals surface area contributed by atoms with Crippen LogP contribution < -0.4 is 4.89 Å². The first kappa shape index (κ1) is 32.1. The minimum absolute atomic E-state index is 0.193. The second-order valence-electron chi connectivity index (χ2n) is 10.2. The molecule has 6 heteroatoms. The van der Waals surface area contributed by atoms with Gasteiger partial charge in [-0.05, 0) is 19.3 Å². The lowest BCUT2D eigenvalue weighted by Crippen LogP contribution is -2.43. The van der Waals surface area contributed by atoms with E-state index in [-0.39, 0.29) is 13.2 Å². The molecule has 0 spiro atoms. The highest BCUT2D eigenvalue weighted by Crippen LogP contribution is 2.38. The summed E-state index contributed by atoms with van der Waals surface area (Å²) in [6.45, 7) is 6.43. The van der Waals surface area contributed by atoms with Crippen molar-refractivity contribution in [1.29, 1.82) is 0 Å². The molecule has 0 saturated carbocycles. The number of hydrogen-bond acceptors (Lipinski definition) is 4. The lowest BCUT2D eigenvalue weighted by atomic mass is 10.0. The molecule has 0 aliphatic heterocycles. The van der Waals surface area contributed by atoms with Crippen LogP contribution in [-0.2, 0) is 13.6 Å². The van der Waals surface area contributed by atoms with Crippen LogP contribution in [0.5, 0.6) is 0 Å². The van der Waals surface area contributed by atoms with Gasteiger partial charge in [0.05, 0.1) is 27.2 Å². The summed E-state index contributed by atoms with van der Waals surface area (Å²) < 4.78 is 22.3. The van der Waals surface area contributed by atoms with Gasteiger partial charge in [-0.1, -0.05) is 110 Å². The van der Waals surface area contributed by atoms with Crippen LogP contribution >= 0.6 is 7.82 Å². The van der Waals surface area contributed by atoms with Crippen LogP contribution in [0.4, 0.5) is 0 Å². The van der Waals surface area contributed by atoms with Crippen LogP contribution in [0.2, 0.25) is 0 Å². The first-order valence-corrected chi connectivity index (χ1v) is 15.2. The second-order valence-corrected chi connectivity index (χ2v) is 11.6. The zero-order valence-corrected chi connectivity index (χ0v) is 23.0. The van der Waals surface area contributed by atoms with Gasteiger partial charge >= 0.3 is 0 Å². The van der Waals surface area contributed by atoms with Crippen LogP contribution in [0.15, 0.2) is 0 Å². The Balaban J connectivity index is 3.45. The minimum atomic E-state index is -4.13. The van der Waals surface area contributed by atoms with Crippen molar-refractivity contribution >= 4 is 7.82 Å². The van der Waals surface area contributed by atoms with Gasteiger partial charge in [-0.2, -0.15) is 0 Å². The van der Waals surface area contributed by atoms with E-state index in [2.05, 4.69) is 21.0 Å². The van der Waals surface area contributed by atoms with E-state index in [4.69, 9.17) is 9.05 Å². The topological polar surface area (TPSA) is 58.6 Å². The van der Waals surface area contributed by atoms with Gasteiger partial charge in [-0.3, -0.25) is 4.57 Å². The van der Waals surface area contributed by atoms with Crippen molar-refractivity contribution in [3.8, 4) is 0 Å². The molecule has 0 amide bonds. The molecule has 1 atom stereocenters. The SMILES string of the molecule is CCCCCCCCCCCCCCCCCC[N+](C)(C)CCOP(=O)([O-])OCCCC. The van der Waals surface area contributed by atoms with E-state index in [0.717, 1.165) is 23.9 Å². The highest BCUT2D eigenvalue weighted by Gasteiger charge is 2.17. The van der Waals surface area contributed by atoms with Crippen molar-refractivity contribution in [3.63, 3.8) is 0 Å². The average Bonchev–Trinajstić information content (AvgIpc) is 2.73. The quantitative estimate of drug-likeness (QED) is 0.0770. The van der Waals surface area contributed by atoms with Gasteiger partial charge in [0.25, 0.3) is 7.82 Å². The maximum absolute atomic E-state index is 11.7. The lowest BCUT2D eigenvalue weighted by molar-refractivity contribution is -0.890. The van der Waals surface area contributed by atoms with Crippen molar-refractivity contribution in [2.75, 3.05) is 40.4 Å². The number of unbranched alkanes of at least 4 members (excludes halogenated alkanes) is 16. The zero-order chi connectivity index (χ0) is 24.0. The molecule has 0 aromatic carbocycles. The van der Waals surface area contributed by atoms with Gasteiger partial charge in [0.1, 0.15) is 13.2 Å². The summed E-state index contributed by atoms with van der Waals surface area (Å²) in [5.41, 5.74) is 0. The molecule has 1 unspecified atom stereocenters. The predicted octanol–water partition coefficient (Wildman–Crippen LogP) is 7.63. The molecule has 0 rings (SSSR count). The number of likely N-dealkylation sites (N-methyl/N-ethyl adjacent to an activating group) is 1. The molecule has 0 fully saturated rings. The Labute approximate surface area is 200 Å². The van der Waals surface area contributed by atoms with Gasteiger partial charge in [0.15, 0.2) is 0 Å². The molecule has 0 N–H and O–H groups in total. The summed E-state index contributed by atoms with van der Waals surface area (Å²) in [7, 11) is 0.150. The molecule has 194 valence electrons. The van der Waals surface area contributed by atoms with Crippen LogP contribution in [-0.4, -0.2) is 44.9 Å². The molecule has 0 bridgehead atoms. The Hall–Kier alpha value is 0.0700. The van der Waals surface area contributed by atoms with E-state index >= 15 is 0 Å². The molecule has 0 radical (unpaired) electrons. The van der Waals surface area contributed by atoms with Crippen molar-refractivity contribution in [2.45, 2.75) is 129 Å². The Kier molecular flexibility index (Phi) is 21.6. The monoisotopic (exact) mass is 477 g/mol. The number of phosphoric acid groups is 1. The first-order valence-electron chi connectivity index (χ1n) is 13.7. The van der Waals surface area contributed by atoms with Gasteiger partial charge in [0.2, 0.25) is 0 Å². The fourth-order valence-corrected chi connectivity index (χ4v) is 4.69. The second kappa shape index (κ2) is 21.6. The molecular weight excluding hydrogens is 421 g/mol. The Morgan fingerprint density at radius 3 is 1.38 bits per heavy atom. The maximum Gasteiger partial charge on any atom is 0.268 e. The molecule has 0 aromatic heterocycles. The Bertz CT molecular complexity index is 446. The van der Waals surface area contributed by atoms with Crippen molar-refractivity contribution in [2.24, 2.45) is 0 Å². The minimum Gasteiger partial charge on any atom is -0.756 e. The van der Waals surface area contributed by atoms with E-state index in [1.165, 1.54) is 103 Å². The first-order chi connectivity index (χ1) is 15.3. The molecule has 0 aliphatic rings. The molecule has 0 aliphatic carbocycles. The Morgan fingerprint density at radius 2 is 0.938 bits per heavy atom. The normalized spacial score (nSPS) is 14.0. The van der Waals surface area contributed by atoms with Crippen LogP contribution in [0.1, 0.15) is 129 Å². The third kappa shape index (κ3) is 23.2. The summed E-state index contributed by atoms with van der Waals surface area (Å²) in [5, 5.41) is 0. The molecule has 0 heterocycles. The highest BCUT2D eigenvalue weighted by atomic mass is 31.2.